The second kappa shape index (κ2) is 13.9. The monoisotopic (exact) mass is 665 g/mol. The second-order valence-corrected chi connectivity index (χ2v) is 13.2. The predicted octanol–water partition coefficient (Wildman–Crippen LogP) is 12.5. The Morgan fingerprint density at radius 1 is 0.423 bits per heavy atom. The van der Waals surface area contributed by atoms with E-state index in [0.717, 1.165) is 57.7 Å². The first-order valence-corrected chi connectivity index (χ1v) is 17.8. The largest absolute Gasteiger partial charge is 0.255 e. The minimum atomic E-state index is 0.858. The van der Waals surface area contributed by atoms with E-state index in [9.17, 15) is 0 Å². The van der Waals surface area contributed by atoms with Gasteiger partial charge in [-0.1, -0.05) is 133 Å². The maximum atomic E-state index is 5.41. The number of hydrogen-bond donors (Lipinski definition) is 0. The van der Waals surface area contributed by atoms with Crippen molar-refractivity contribution in [2.24, 2.45) is 4.99 Å². The second-order valence-electron chi connectivity index (χ2n) is 13.2. The molecule has 0 radical (unpaired) electrons. The molecule has 3 heterocycles. The number of aromatic nitrogens is 2. The van der Waals surface area contributed by atoms with E-state index in [2.05, 4.69) is 163 Å². The zero-order valence-electron chi connectivity index (χ0n) is 28.7. The molecule has 0 amide bonds. The number of benzene rings is 6. The van der Waals surface area contributed by atoms with E-state index in [1.807, 2.05) is 24.3 Å². The van der Waals surface area contributed by atoms with Crippen molar-refractivity contribution in [2.75, 3.05) is 0 Å². The van der Waals surface area contributed by atoms with Crippen molar-refractivity contribution in [1.29, 1.82) is 0 Å². The van der Waals surface area contributed by atoms with Gasteiger partial charge in [0, 0.05) is 23.0 Å². The topological polar surface area (TPSA) is 38.1 Å². The maximum absolute atomic E-state index is 5.41. The molecule has 0 unspecified atom stereocenters. The normalized spacial score (nSPS) is 13.2. The van der Waals surface area contributed by atoms with Gasteiger partial charge in [-0.2, -0.15) is 0 Å². The molecular weight excluding hydrogens is 631 g/mol. The fraction of sp³-hybridized carbons (Fsp3) is 0.0408. The Kier molecular flexibility index (Phi) is 8.36. The van der Waals surface area contributed by atoms with Crippen LogP contribution in [-0.4, -0.2) is 15.7 Å². The van der Waals surface area contributed by atoms with Gasteiger partial charge in [-0.25, -0.2) is 4.98 Å². The summed E-state index contributed by atoms with van der Waals surface area (Å²) in [6.07, 6.45) is 8.18. The average molecular weight is 666 g/mol. The van der Waals surface area contributed by atoms with E-state index < -0.39 is 0 Å². The van der Waals surface area contributed by atoms with Gasteiger partial charge >= 0.3 is 0 Å². The molecule has 3 nitrogen and oxygen atoms in total. The number of nitrogens with zero attached hydrogens (tertiary/aromatic N) is 3. The number of rotatable bonds is 6. The fourth-order valence-corrected chi connectivity index (χ4v) is 7.04. The summed E-state index contributed by atoms with van der Waals surface area (Å²) in [5.74, 6) is 0. The molecule has 3 heteroatoms. The molecule has 0 bridgehead atoms. The molecule has 9 rings (SSSR count). The van der Waals surface area contributed by atoms with E-state index in [-0.39, 0.29) is 0 Å². The molecule has 0 saturated heterocycles. The van der Waals surface area contributed by atoms with Gasteiger partial charge in [0.25, 0.3) is 0 Å². The lowest BCUT2D eigenvalue weighted by Gasteiger charge is -2.15. The molecule has 1 aliphatic heterocycles. The first kappa shape index (κ1) is 31.3. The summed E-state index contributed by atoms with van der Waals surface area (Å²) in [5, 5.41) is 2.38. The van der Waals surface area contributed by atoms with Crippen LogP contribution in [0, 0.1) is 0 Å². The van der Waals surface area contributed by atoms with Gasteiger partial charge in [-0.3, -0.25) is 9.98 Å². The molecule has 0 fully saturated rings. The van der Waals surface area contributed by atoms with Gasteiger partial charge in [0.2, 0.25) is 0 Å². The van der Waals surface area contributed by atoms with Crippen LogP contribution >= 0.6 is 0 Å². The van der Waals surface area contributed by atoms with Crippen molar-refractivity contribution in [1.82, 2.24) is 9.97 Å². The Morgan fingerprint density at radius 3 is 1.87 bits per heavy atom. The minimum Gasteiger partial charge on any atom is -0.255 e. The standard InChI is InChI=1S/C49H35N3/c1-3-10-34(11-4-1)38-14-7-16-43(31-38)45-17-8-15-39(35-12-5-2-6-13-35)33-49(52-45)37-21-19-36(20-22-37)40-23-24-42-32-44(26-25-41(42)30-40)46-27-28-47-48(51-46)18-9-29-50-47/h1-7,9-16,18-33H,8,17H2. The molecule has 6 aromatic carbocycles. The number of aliphatic imine (C=N–C) groups is 1. The van der Waals surface area contributed by atoms with Gasteiger partial charge < -0.3 is 0 Å². The number of pyridine rings is 2. The summed E-state index contributed by atoms with van der Waals surface area (Å²) < 4.78 is 0. The third-order valence-corrected chi connectivity index (χ3v) is 9.81. The highest BCUT2D eigenvalue weighted by Crippen LogP contribution is 2.32. The van der Waals surface area contributed by atoms with Crippen LogP contribution in [0.25, 0.3) is 66.6 Å². The van der Waals surface area contributed by atoms with Crippen LogP contribution in [0.15, 0.2) is 193 Å². The first-order valence-electron chi connectivity index (χ1n) is 17.8. The molecule has 2 aromatic heterocycles. The third-order valence-electron chi connectivity index (χ3n) is 9.81. The number of allylic oxidation sites excluding steroid dienone is 3. The Hall–Kier alpha value is -6.71. The van der Waals surface area contributed by atoms with E-state index in [1.54, 1.807) is 6.20 Å². The van der Waals surface area contributed by atoms with Gasteiger partial charge in [0.15, 0.2) is 0 Å². The molecular formula is C49H35N3. The van der Waals surface area contributed by atoms with Crippen molar-refractivity contribution in [3.63, 3.8) is 0 Å². The molecule has 0 atom stereocenters. The van der Waals surface area contributed by atoms with Gasteiger partial charge in [0.1, 0.15) is 0 Å². The third kappa shape index (κ3) is 6.48. The molecule has 0 aliphatic carbocycles. The summed E-state index contributed by atoms with van der Waals surface area (Å²) in [5.41, 5.74) is 15.3. The van der Waals surface area contributed by atoms with Crippen LogP contribution < -0.4 is 0 Å². The molecule has 1 aliphatic rings. The van der Waals surface area contributed by atoms with Gasteiger partial charge in [-0.15, -0.1) is 0 Å². The maximum Gasteiger partial charge on any atom is 0.0894 e. The summed E-state index contributed by atoms with van der Waals surface area (Å²) in [7, 11) is 0. The zero-order valence-corrected chi connectivity index (χ0v) is 28.7. The van der Waals surface area contributed by atoms with Crippen LogP contribution in [0.1, 0.15) is 29.5 Å². The zero-order chi connectivity index (χ0) is 34.7. The fourth-order valence-electron chi connectivity index (χ4n) is 7.04. The molecule has 0 saturated carbocycles. The Bertz CT molecular complexity index is 2650. The van der Waals surface area contributed by atoms with Crippen LogP contribution in [0.4, 0.5) is 0 Å². The summed E-state index contributed by atoms with van der Waals surface area (Å²) in [4.78, 5) is 14.7. The number of hydrogen-bond acceptors (Lipinski definition) is 3. The smallest absolute Gasteiger partial charge is 0.0894 e. The highest BCUT2D eigenvalue weighted by Gasteiger charge is 2.13. The molecule has 0 N–H and O–H groups in total. The van der Waals surface area contributed by atoms with Crippen LogP contribution in [0.5, 0.6) is 0 Å². The van der Waals surface area contributed by atoms with Crippen LogP contribution in [0.2, 0.25) is 0 Å². The summed E-state index contributed by atoms with van der Waals surface area (Å²) in [6, 6.07) is 60.1. The van der Waals surface area contributed by atoms with Crippen LogP contribution in [0.3, 0.4) is 0 Å². The van der Waals surface area contributed by atoms with E-state index in [0.29, 0.717) is 0 Å². The Balaban J connectivity index is 1.04. The van der Waals surface area contributed by atoms with Crippen molar-refractivity contribution in [3.8, 4) is 33.5 Å². The highest BCUT2D eigenvalue weighted by molar-refractivity contribution is 6.05. The van der Waals surface area contributed by atoms with E-state index >= 15 is 0 Å². The first-order chi connectivity index (χ1) is 25.7. The Morgan fingerprint density at radius 2 is 1.06 bits per heavy atom. The average Bonchev–Trinajstić information content (AvgIpc) is 3.21. The van der Waals surface area contributed by atoms with Gasteiger partial charge in [-0.05, 0) is 111 Å². The van der Waals surface area contributed by atoms with Crippen LogP contribution in [-0.2, 0) is 0 Å². The molecule has 8 aromatic rings. The number of fused-ring (bicyclic) bond motifs is 2. The van der Waals surface area contributed by atoms with Crippen molar-refractivity contribution < 1.29 is 0 Å². The summed E-state index contributed by atoms with van der Waals surface area (Å²) >= 11 is 0. The molecule has 0 spiro atoms. The van der Waals surface area contributed by atoms with E-state index in [1.165, 1.54) is 44.2 Å². The lowest BCUT2D eigenvalue weighted by atomic mass is 9.95. The van der Waals surface area contributed by atoms with Crippen molar-refractivity contribution in [3.05, 3.63) is 205 Å². The Labute approximate surface area is 304 Å². The van der Waals surface area contributed by atoms with E-state index in [4.69, 9.17) is 9.98 Å². The van der Waals surface area contributed by atoms with Crippen molar-refractivity contribution in [2.45, 2.75) is 12.8 Å². The van der Waals surface area contributed by atoms with Gasteiger partial charge in [0.05, 0.1) is 22.4 Å². The lowest BCUT2D eigenvalue weighted by Crippen LogP contribution is -2.04. The highest BCUT2D eigenvalue weighted by atomic mass is 14.8. The molecule has 52 heavy (non-hydrogen) atoms. The quantitative estimate of drug-likeness (QED) is 0.177. The SMILES string of the molecule is C1=C(c2ccccc2)C=C(c2ccc(-c3ccc4cc(-c5ccc6ncccc6n5)ccc4c3)cc2)N=C(c2cccc(-c3ccccc3)c2)CC1. The summed E-state index contributed by atoms with van der Waals surface area (Å²) in [6.45, 7) is 0. The molecule has 246 valence electrons. The predicted molar refractivity (Wildman–Crippen MR) is 218 cm³/mol. The lowest BCUT2D eigenvalue weighted by molar-refractivity contribution is 1.09. The van der Waals surface area contributed by atoms with Crippen molar-refractivity contribution >= 4 is 38.8 Å². The minimum absolute atomic E-state index is 0.858.